The molecule has 1 N–H and O–H groups in total. The summed E-state index contributed by atoms with van der Waals surface area (Å²) in [5.74, 6) is 0. The number of aryl methyl sites for hydroxylation is 2. The van der Waals surface area contributed by atoms with E-state index in [9.17, 15) is 8.42 Å². The number of pyridine rings is 1. The van der Waals surface area contributed by atoms with Crippen molar-refractivity contribution in [2.24, 2.45) is 0 Å². The monoisotopic (exact) mass is 410 g/mol. The molecule has 0 spiro atoms. The maximum Gasteiger partial charge on any atom is 0.240 e. The molecule has 2 heterocycles. The Kier molecular flexibility index (Phi) is 5.52. The van der Waals surface area contributed by atoms with Gasteiger partial charge in [-0.15, -0.1) is 0 Å². The van der Waals surface area contributed by atoms with Crippen LogP contribution in [0.5, 0.6) is 0 Å². The van der Waals surface area contributed by atoms with E-state index in [-0.39, 0.29) is 0 Å². The summed E-state index contributed by atoms with van der Waals surface area (Å²) in [7, 11) is -3.55. The average molecular weight is 411 g/mol. The van der Waals surface area contributed by atoms with Crippen molar-refractivity contribution in [2.75, 3.05) is 6.54 Å². The SMILES string of the molecule is Cc1ccc(C)c(S(=O)(=O)NCCn2nc(-c3ccncc3)c3c2CCCC3)c1. The first kappa shape index (κ1) is 19.8. The van der Waals surface area contributed by atoms with Crippen LogP contribution in [0.2, 0.25) is 0 Å². The molecule has 0 radical (unpaired) electrons. The fraction of sp³-hybridized carbons (Fsp3) is 0.364. The number of aromatic nitrogens is 3. The van der Waals surface area contributed by atoms with Crippen molar-refractivity contribution in [3.05, 3.63) is 65.1 Å². The van der Waals surface area contributed by atoms with Gasteiger partial charge in [-0.2, -0.15) is 5.10 Å². The molecule has 4 rings (SSSR count). The second-order valence-electron chi connectivity index (χ2n) is 7.61. The molecule has 1 aliphatic rings. The number of sulfonamides is 1. The summed E-state index contributed by atoms with van der Waals surface area (Å²) in [6.07, 6.45) is 7.86. The van der Waals surface area contributed by atoms with Crippen molar-refractivity contribution < 1.29 is 8.42 Å². The molecular weight excluding hydrogens is 384 g/mol. The van der Waals surface area contributed by atoms with Crippen molar-refractivity contribution >= 4 is 10.0 Å². The molecule has 3 aromatic rings. The van der Waals surface area contributed by atoms with E-state index in [1.165, 1.54) is 11.3 Å². The van der Waals surface area contributed by atoms with Crippen molar-refractivity contribution in [3.8, 4) is 11.3 Å². The zero-order valence-corrected chi connectivity index (χ0v) is 17.7. The summed E-state index contributed by atoms with van der Waals surface area (Å²) in [6.45, 7) is 4.53. The first-order valence-electron chi connectivity index (χ1n) is 10.0. The molecular formula is C22H26N4O2S. The number of benzene rings is 1. The van der Waals surface area contributed by atoms with E-state index in [0.717, 1.165) is 48.1 Å². The van der Waals surface area contributed by atoms with Gasteiger partial charge in [0.1, 0.15) is 0 Å². The molecule has 0 aliphatic heterocycles. The Morgan fingerprint density at radius 1 is 1.07 bits per heavy atom. The molecule has 0 fully saturated rings. The molecule has 7 heteroatoms. The van der Waals surface area contributed by atoms with Crippen LogP contribution in [-0.4, -0.2) is 29.7 Å². The van der Waals surface area contributed by atoms with Crippen molar-refractivity contribution in [1.29, 1.82) is 0 Å². The van der Waals surface area contributed by atoms with E-state index in [4.69, 9.17) is 5.10 Å². The Labute approximate surface area is 172 Å². The highest BCUT2D eigenvalue weighted by molar-refractivity contribution is 7.89. The zero-order chi connectivity index (χ0) is 20.4. The molecule has 0 unspecified atom stereocenters. The molecule has 6 nitrogen and oxygen atoms in total. The van der Waals surface area contributed by atoms with Gasteiger partial charge in [-0.05, 0) is 68.9 Å². The number of fused-ring (bicyclic) bond motifs is 1. The number of hydrogen-bond donors (Lipinski definition) is 1. The van der Waals surface area contributed by atoms with Crippen LogP contribution >= 0.6 is 0 Å². The number of nitrogens with zero attached hydrogens (tertiary/aromatic N) is 3. The minimum atomic E-state index is -3.55. The normalized spacial score (nSPS) is 14.0. The molecule has 0 amide bonds. The van der Waals surface area contributed by atoms with Gasteiger partial charge in [0, 0.05) is 35.8 Å². The first-order valence-corrected chi connectivity index (χ1v) is 11.5. The second kappa shape index (κ2) is 8.08. The van der Waals surface area contributed by atoms with Crippen LogP contribution in [0, 0.1) is 13.8 Å². The highest BCUT2D eigenvalue weighted by Crippen LogP contribution is 2.30. The van der Waals surface area contributed by atoms with Gasteiger partial charge in [0.2, 0.25) is 10.0 Å². The number of rotatable bonds is 6. The zero-order valence-electron chi connectivity index (χ0n) is 16.9. The van der Waals surface area contributed by atoms with Gasteiger partial charge in [0.15, 0.2) is 0 Å². The lowest BCUT2D eigenvalue weighted by Crippen LogP contribution is -2.29. The lowest BCUT2D eigenvalue weighted by molar-refractivity contribution is 0.538. The Morgan fingerprint density at radius 3 is 2.62 bits per heavy atom. The van der Waals surface area contributed by atoms with E-state index < -0.39 is 10.0 Å². The van der Waals surface area contributed by atoms with E-state index in [0.29, 0.717) is 18.0 Å². The van der Waals surface area contributed by atoms with Gasteiger partial charge in [-0.25, -0.2) is 13.1 Å². The van der Waals surface area contributed by atoms with Gasteiger partial charge in [-0.3, -0.25) is 9.67 Å². The van der Waals surface area contributed by atoms with Crippen LogP contribution in [-0.2, 0) is 29.4 Å². The molecule has 1 aromatic carbocycles. The predicted molar refractivity (Wildman–Crippen MR) is 113 cm³/mol. The van der Waals surface area contributed by atoms with Crippen molar-refractivity contribution in [3.63, 3.8) is 0 Å². The average Bonchev–Trinajstić information content (AvgIpc) is 3.09. The molecule has 0 atom stereocenters. The fourth-order valence-corrected chi connectivity index (χ4v) is 5.31. The van der Waals surface area contributed by atoms with Gasteiger partial charge < -0.3 is 0 Å². The van der Waals surface area contributed by atoms with Crippen LogP contribution in [0.25, 0.3) is 11.3 Å². The summed E-state index contributed by atoms with van der Waals surface area (Å²) >= 11 is 0. The Morgan fingerprint density at radius 2 is 1.83 bits per heavy atom. The van der Waals surface area contributed by atoms with Gasteiger partial charge in [0.05, 0.1) is 17.1 Å². The summed E-state index contributed by atoms with van der Waals surface area (Å²) in [4.78, 5) is 4.44. The molecule has 0 bridgehead atoms. The van der Waals surface area contributed by atoms with E-state index in [1.54, 1.807) is 18.5 Å². The van der Waals surface area contributed by atoms with Crippen LogP contribution in [0.15, 0.2) is 47.6 Å². The highest BCUT2D eigenvalue weighted by atomic mass is 32.2. The summed E-state index contributed by atoms with van der Waals surface area (Å²) in [5, 5.41) is 4.84. The minimum absolute atomic E-state index is 0.305. The lowest BCUT2D eigenvalue weighted by atomic mass is 9.94. The van der Waals surface area contributed by atoms with Crippen molar-refractivity contribution in [2.45, 2.75) is 51.0 Å². The minimum Gasteiger partial charge on any atom is -0.267 e. The van der Waals surface area contributed by atoms with Gasteiger partial charge in [-0.1, -0.05) is 12.1 Å². The topological polar surface area (TPSA) is 76.9 Å². The van der Waals surface area contributed by atoms with Crippen LogP contribution < -0.4 is 4.72 Å². The highest BCUT2D eigenvalue weighted by Gasteiger charge is 2.22. The molecule has 0 saturated heterocycles. The summed E-state index contributed by atoms with van der Waals surface area (Å²) in [6, 6.07) is 9.43. The number of nitrogens with one attached hydrogen (secondary N) is 1. The van der Waals surface area contributed by atoms with Gasteiger partial charge in [0.25, 0.3) is 0 Å². The predicted octanol–water partition coefficient (Wildman–Crippen LogP) is 3.42. The molecule has 29 heavy (non-hydrogen) atoms. The smallest absolute Gasteiger partial charge is 0.240 e. The molecule has 0 saturated carbocycles. The molecule has 152 valence electrons. The quantitative estimate of drug-likeness (QED) is 0.676. The van der Waals surface area contributed by atoms with Crippen LogP contribution in [0.3, 0.4) is 0 Å². The Hall–Kier alpha value is -2.51. The Bertz CT molecular complexity index is 1120. The third kappa shape index (κ3) is 4.11. The second-order valence-corrected chi connectivity index (χ2v) is 9.34. The van der Waals surface area contributed by atoms with E-state index >= 15 is 0 Å². The third-order valence-electron chi connectivity index (χ3n) is 5.46. The first-order chi connectivity index (χ1) is 14.0. The third-order valence-corrected chi connectivity index (χ3v) is 7.06. The molecule has 2 aromatic heterocycles. The number of hydrogen-bond acceptors (Lipinski definition) is 4. The maximum atomic E-state index is 12.8. The maximum absolute atomic E-state index is 12.8. The van der Waals surface area contributed by atoms with E-state index in [1.807, 2.05) is 42.8 Å². The fourth-order valence-electron chi connectivity index (χ4n) is 3.96. The van der Waals surface area contributed by atoms with E-state index in [2.05, 4.69) is 9.71 Å². The van der Waals surface area contributed by atoms with Crippen LogP contribution in [0.4, 0.5) is 0 Å². The summed E-state index contributed by atoms with van der Waals surface area (Å²) < 4.78 is 30.3. The lowest BCUT2D eigenvalue weighted by Gasteiger charge is -2.15. The molecule has 1 aliphatic carbocycles. The van der Waals surface area contributed by atoms with Crippen molar-refractivity contribution in [1.82, 2.24) is 19.5 Å². The standard InChI is InChI=1S/C22H26N4O2S/c1-16-7-8-17(2)21(15-16)29(27,28)24-13-14-26-20-6-4-3-5-19(20)22(25-26)18-9-11-23-12-10-18/h7-12,15,24H,3-6,13-14H2,1-2H3. The van der Waals surface area contributed by atoms with Crippen LogP contribution in [0.1, 0.15) is 35.2 Å². The van der Waals surface area contributed by atoms with Gasteiger partial charge >= 0.3 is 0 Å². The summed E-state index contributed by atoms with van der Waals surface area (Å²) in [5.41, 5.74) is 6.26. The largest absolute Gasteiger partial charge is 0.267 e. The Balaban J connectivity index is 1.55.